The molecule has 1 aromatic carbocycles. The number of hydrogen-bond donors (Lipinski definition) is 1. The van der Waals surface area contributed by atoms with Crippen LogP contribution in [0.1, 0.15) is 37.4 Å². The molecule has 1 saturated heterocycles. The van der Waals surface area contributed by atoms with Gasteiger partial charge in [-0.3, -0.25) is 10.1 Å². The van der Waals surface area contributed by atoms with Gasteiger partial charge in [0.1, 0.15) is 23.3 Å². The summed E-state index contributed by atoms with van der Waals surface area (Å²) in [5, 5.41) is 3.26. The summed E-state index contributed by atoms with van der Waals surface area (Å²) in [6, 6.07) is 3.57. The van der Waals surface area contributed by atoms with E-state index in [2.05, 4.69) is 5.32 Å². The van der Waals surface area contributed by atoms with Crippen LogP contribution < -0.4 is 5.32 Å². The molecule has 1 unspecified atom stereocenters. The molecule has 106 valence electrons. The fourth-order valence-electron chi connectivity index (χ4n) is 3.01. The van der Waals surface area contributed by atoms with Crippen LogP contribution in [0.25, 0.3) is 0 Å². The molecular formula is C15H16F2N2O. The third kappa shape index (κ3) is 1.84. The van der Waals surface area contributed by atoms with Crippen LogP contribution in [-0.2, 0) is 4.79 Å². The van der Waals surface area contributed by atoms with Gasteiger partial charge >= 0.3 is 0 Å². The normalized spacial score (nSPS) is 27.4. The summed E-state index contributed by atoms with van der Waals surface area (Å²) in [7, 11) is 0. The van der Waals surface area contributed by atoms with E-state index in [4.69, 9.17) is 0 Å². The molecule has 0 radical (unpaired) electrons. The molecule has 4 rings (SSSR count). The summed E-state index contributed by atoms with van der Waals surface area (Å²) < 4.78 is 27.1. The topological polar surface area (TPSA) is 32.3 Å². The minimum absolute atomic E-state index is 0.0816. The average Bonchev–Trinajstić information content (AvgIpc) is 3.29. The van der Waals surface area contributed by atoms with Crippen molar-refractivity contribution < 1.29 is 13.6 Å². The second kappa shape index (κ2) is 4.01. The Kier molecular flexibility index (Phi) is 2.46. The van der Waals surface area contributed by atoms with Gasteiger partial charge in [-0.15, -0.1) is 0 Å². The van der Waals surface area contributed by atoms with Crippen LogP contribution in [0.2, 0.25) is 0 Å². The van der Waals surface area contributed by atoms with Crippen molar-refractivity contribution in [3.8, 4) is 0 Å². The Morgan fingerprint density at radius 1 is 1.30 bits per heavy atom. The zero-order valence-electron chi connectivity index (χ0n) is 11.0. The van der Waals surface area contributed by atoms with Crippen LogP contribution in [0.4, 0.5) is 8.78 Å². The SMILES string of the molecule is O=C1N(CC2CC2)C(c2ccc(F)cc2F)NC12CC2. The first-order chi connectivity index (χ1) is 9.59. The minimum Gasteiger partial charge on any atom is -0.321 e. The van der Waals surface area contributed by atoms with Gasteiger partial charge in [0.15, 0.2) is 0 Å². The maximum atomic E-state index is 14.0. The molecule has 2 aliphatic carbocycles. The Balaban J connectivity index is 1.68. The summed E-state index contributed by atoms with van der Waals surface area (Å²) in [5.74, 6) is -0.557. The molecule has 1 aliphatic heterocycles. The molecule has 0 bridgehead atoms. The largest absolute Gasteiger partial charge is 0.321 e. The summed E-state index contributed by atoms with van der Waals surface area (Å²) in [5.41, 5.74) is -0.107. The molecule has 1 amide bonds. The summed E-state index contributed by atoms with van der Waals surface area (Å²) >= 11 is 0. The monoisotopic (exact) mass is 278 g/mol. The van der Waals surface area contributed by atoms with Gasteiger partial charge in [-0.05, 0) is 43.7 Å². The zero-order chi connectivity index (χ0) is 13.9. The van der Waals surface area contributed by atoms with Crippen molar-refractivity contribution in [3.63, 3.8) is 0 Å². The van der Waals surface area contributed by atoms with Gasteiger partial charge in [-0.2, -0.15) is 0 Å². The molecule has 1 spiro atoms. The lowest BCUT2D eigenvalue weighted by Gasteiger charge is -2.24. The van der Waals surface area contributed by atoms with E-state index in [1.807, 2.05) is 0 Å². The lowest BCUT2D eigenvalue weighted by molar-refractivity contribution is -0.131. The average molecular weight is 278 g/mol. The highest BCUT2D eigenvalue weighted by Gasteiger charge is 2.60. The fraction of sp³-hybridized carbons (Fsp3) is 0.533. The summed E-state index contributed by atoms with van der Waals surface area (Å²) in [6.07, 6.45) is 3.44. The number of nitrogens with one attached hydrogen (secondary N) is 1. The molecule has 3 aliphatic rings. The van der Waals surface area contributed by atoms with Crippen molar-refractivity contribution in [2.45, 2.75) is 37.4 Å². The fourth-order valence-corrected chi connectivity index (χ4v) is 3.01. The van der Waals surface area contributed by atoms with Crippen molar-refractivity contribution in [3.05, 3.63) is 35.4 Å². The first-order valence-electron chi connectivity index (χ1n) is 7.13. The highest BCUT2D eigenvalue weighted by molar-refractivity contribution is 5.92. The number of carbonyl (C=O) groups excluding carboxylic acids is 1. The maximum Gasteiger partial charge on any atom is 0.244 e. The highest BCUT2D eigenvalue weighted by atomic mass is 19.1. The van der Waals surface area contributed by atoms with Gasteiger partial charge in [0.2, 0.25) is 5.91 Å². The molecule has 2 saturated carbocycles. The second-order valence-corrected chi connectivity index (χ2v) is 6.20. The quantitative estimate of drug-likeness (QED) is 0.920. The summed E-state index contributed by atoms with van der Waals surface area (Å²) in [4.78, 5) is 14.2. The van der Waals surface area contributed by atoms with E-state index in [1.54, 1.807) is 4.90 Å². The molecular weight excluding hydrogens is 262 g/mol. The smallest absolute Gasteiger partial charge is 0.244 e. The van der Waals surface area contributed by atoms with Crippen LogP contribution in [-0.4, -0.2) is 22.9 Å². The third-order valence-electron chi connectivity index (χ3n) is 4.55. The van der Waals surface area contributed by atoms with E-state index >= 15 is 0 Å². The van der Waals surface area contributed by atoms with Gasteiger partial charge in [0, 0.05) is 18.2 Å². The molecule has 20 heavy (non-hydrogen) atoms. The van der Waals surface area contributed by atoms with Crippen molar-refractivity contribution in [1.82, 2.24) is 10.2 Å². The maximum absolute atomic E-state index is 14.0. The van der Waals surface area contributed by atoms with Gasteiger partial charge in [0.25, 0.3) is 0 Å². The first kappa shape index (κ1) is 12.3. The molecule has 1 N–H and O–H groups in total. The van der Waals surface area contributed by atoms with Crippen LogP contribution in [0.5, 0.6) is 0 Å². The summed E-state index contributed by atoms with van der Waals surface area (Å²) in [6.45, 7) is 0.676. The van der Waals surface area contributed by atoms with Gasteiger partial charge in [-0.1, -0.05) is 0 Å². The van der Waals surface area contributed by atoms with E-state index in [0.717, 1.165) is 31.7 Å². The second-order valence-electron chi connectivity index (χ2n) is 6.20. The van der Waals surface area contributed by atoms with Crippen LogP contribution >= 0.6 is 0 Å². The van der Waals surface area contributed by atoms with Crippen molar-refractivity contribution in [2.75, 3.05) is 6.54 Å². The molecule has 5 heteroatoms. The van der Waals surface area contributed by atoms with E-state index in [-0.39, 0.29) is 5.91 Å². The number of nitrogens with zero attached hydrogens (tertiary/aromatic N) is 1. The predicted octanol–water partition coefficient (Wildman–Crippen LogP) is 2.34. The van der Waals surface area contributed by atoms with Crippen LogP contribution in [0.15, 0.2) is 18.2 Å². The van der Waals surface area contributed by atoms with Gasteiger partial charge in [-0.25, -0.2) is 8.78 Å². The first-order valence-corrected chi connectivity index (χ1v) is 7.13. The number of rotatable bonds is 3. The van der Waals surface area contributed by atoms with E-state index in [1.165, 1.54) is 12.1 Å². The molecule has 1 aromatic rings. The van der Waals surface area contributed by atoms with E-state index < -0.39 is 23.3 Å². The Morgan fingerprint density at radius 2 is 2.05 bits per heavy atom. The predicted molar refractivity (Wildman–Crippen MR) is 68.6 cm³/mol. The van der Waals surface area contributed by atoms with Crippen molar-refractivity contribution in [1.29, 1.82) is 0 Å². The highest BCUT2D eigenvalue weighted by Crippen LogP contribution is 2.47. The number of carbonyl (C=O) groups is 1. The number of halogens is 2. The lowest BCUT2D eigenvalue weighted by atomic mass is 10.1. The minimum atomic E-state index is -0.592. The van der Waals surface area contributed by atoms with Crippen molar-refractivity contribution in [2.24, 2.45) is 5.92 Å². The van der Waals surface area contributed by atoms with Crippen LogP contribution in [0.3, 0.4) is 0 Å². The third-order valence-corrected chi connectivity index (χ3v) is 4.55. The zero-order valence-corrected chi connectivity index (χ0v) is 11.0. The standard InChI is InChI=1S/C15H16F2N2O/c16-10-3-4-11(12(17)7-10)13-18-15(5-6-15)14(20)19(13)8-9-1-2-9/h3-4,7,9,13,18H,1-2,5-6,8H2. The molecule has 0 aromatic heterocycles. The lowest BCUT2D eigenvalue weighted by Crippen LogP contribution is -2.33. The van der Waals surface area contributed by atoms with Gasteiger partial charge in [0.05, 0.1) is 0 Å². The van der Waals surface area contributed by atoms with Crippen LogP contribution in [0, 0.1) is 17.6 Å². The number of benzene rings is 1. The number of hydrogen-bond acceptors (Lipinski definition) is 2. The molecule has 3 fully saturated rings. The molecule has 1 atom stereocenters. The molecule has 3 nitrogen and oxygen atoms in total. The Labute approximate surface area is 116 Å². The Hall–Kier alpha value is -1.49. The van der Waals surface area contributed by atoms with E-state index in [0.29, 0.717) is 18.0 Å². The van der Waals surface area contributed by atoms with Gasteiger partial charge < -0.3 is 4.90 Å². The number of amides is 1. The Bertz CT molecular complexity index is 581. The Morgan fingerprint density at radius 3 is 2.65 bits per heavy atom. The van der Waals surface area contributed by atoms with E-state index in [9.17, 15) is 13.6 Å². The van der Waals surface area contributed by atoms with Crippen molar-refractivity contribution >= 4 is 5.91 Å². The molecule has 1 heterocycles.